The molecular formula is C23H18ClN7O3. The van der Waals surface area contributed by atoms with Crippen molar-refractivity contribution < 1.29 is 4.74 Å². The van der Waals surface area contributed by atoms with Crippen LogP contribution in [0.3, 0.4) is 0 Å². The largest absolute Gasteiger partial charge is 0.439 e. The van der Waals surface area contributed by atoms with E-state index in [1.54, 1.807) is 55.5 Å². The van der Waals surface area contributed by atoms with E-state index >= 15 is 0 Å². The average molecular weight is 476 g/mol. The third kappa shape index (κ3) is 5.11. The van der Waals surface area contributed by atoms with Crippen molar-refractivity contribution in [3.8, 4) is 17.7 Å². The zero-order chi connectivity index (χ0) is 24.1. The highest BCUT2D eigenvalue weighted by atomic mass is 35.5. The maximum atomic E-state index is 13.0. The van der Waals surface area contributed by atoms with Crippen LogP contribution >= 0.6 is 11.6 Å². The number of ether oxygens (including phenoxy) is 1. The van der Waals surface area contributed by atoms with Gasteiger partial charge in [0.15, 0.2) is 0 Å². The Bertz CT molecular complexity index is 1470. The quantitative estimate of drug-likeness (QED) is 0.431. The van der Waals surface area contributed by atoms with Crippen LogP contribution in [0.25, 0.3) is 0 Å². The highest BCUT2D eigenvalue weighted by molar-refractivity contribution is 6.30. The Hall–Kier alpha value is -4.49. The number of nitrogens with zero attached hydrogens (tertiary/aromatic N) is 6. The summed E-state index contributed by atoms with van der Waals surface area (Å²) < 4.78 is 8.10. The molecule has 0 atom stereocenters. The minimum absolute atomic E-state index is 0.00216. The van der Waals surface area contributed by atoms with Crippen LogP contribution in [0.2, 0.25) is 5.02 Å². The lowest BCUT2D eigenvalue weighted by Crippen LogP contribution is -2.42. The Morgan fingerprint density at radius 2 is 1.76 bits per heavy atom. The number of rotatable bonds is 7. The molecule has 0 fully saturated rings. The lowest BCUT2D eigenvalue weighted by Gasteiger charge is -2.15. The maximum Gasteiger partial charge on any atom is 0.354 e. The summed E-state index contributed by atoms with van der Waals surface area (Å²) in [5.74, 6) is 0.815. The van der Waals surface area contributed by atoms with Gasteiger partial charge in [-0.15, -0.1) is 0 Å². The summed E-state index contributed by atoms with van der Waals surface area (Å²) in [6.45, 7) is 2.11. The molecule has 170 valence electrons. The molecule has 34 heavy (non-hydrogen) atoms. The molecule has 10 nitrogen and oxygen atoms in total. The number of hydrogen-bond acceptors (Lipinski definition) is 8. The SMILES string of the molecule is CCn1c(=O)nc(Nc2ccc(Oc3ccnc(C#N)n3)cc2)n(Cc2ccc(Cl)cc2)c1=O. The minimum atomic E-state index is -0.639. The molecule has 4 aromatic rings. The monoisotopic (exact) mass is 475 g/mol. The number of nitrogens with one attached hydrogen (secondary N) is 1. The fraction of sp³-hybridized carbons (Fsp3) is 0.130. The molecule has 0 radical (unpaired) electrons. The standard InChI is InChI=1S/C23H18ClN7O3/c1-2-30-22(32)29-21(31(23(30)33)14-15-3-5-16(24)6-4-15)27-17-7-9-18(10-8-17)34-20-11-12-26-19(13-25)28-20/h3-12H,2,14H2,1H3,(H,27,29,32). The molecule has 1 N–H and O–H groups in total. The van der Waals surface area contributed by atoms with E-state index in [-0.39, 0.29) is 30.7 Å². The number of anilines is 2. The summed E-state index contributed by atoms with van der Waals surface area (Å²) >= 11 is 5.96. The van der Waals surface area contributed by atoms with Gasteiger partial charge in [0.25, 0.3) is 0 Å². The van der Waals surface area contributed by atoms with Crippen molar-refractivity contribution >= 4 is 23.2 Å². The molecule has 4 rings (SSSR count). The third-order valence-corrected chi connectivity index (χ3v) is 5.03. The first-order valence-electron chi connectivity index (χ1n) is 10.2. The van der Waals surface area contributed by atoms with Crippen molar-refractivity contribution in [3.05, 3.63) is 98.2 Å². The molecular weight excluding hydrogens is 458 g/mol. The summed E-state index contributed by atoms with van der Waals surface area (Å²) in [6, 6.07) is 17.2. The van der Waals surface area contributed by atoms with E-state index in [9.17, 15) is 9.59 Å². The molecule has 0 aliphatic carbocycles. The topological polar surface area (TPSA) is 128 Å². The predicted octanol–water partition coefficient (Wildman–Crippen LogP) is 3.32. The Morgan fingerprint density at radius 3 is 2.44 bits per heavy atom. The van der Waals surface area contributed by atoms with Crippen molar-refractivity contribution in [3.63, 3.8) is 0 Å². The first-order valence-corrected chi connectivity index (χ1v) is 10.6. The normalized spacial score (nSPS) is 10.5. The van der Waals surface area contributed by atoms with Gasteiger partial charge in [0.05, 0.1) is 6.54 Å². The van der Waals surface area contributed by atoms with E-state index in [1.165, 1.54) is 16.8 Å². The van der Waals surface area contributed by atoms with Crippen molar-refractivity contribution in [2.75, 3.05) is 5.32 Å². The molecule has 0 aliphatic rings. The van der Waals surface area contributed by atoms with Crippen LogP contribution in [0.15, 0.2) is 70.4 Å². The highest BCUT2D eigenvalue weighted by Gasteiger charge is 2.13. The van der Waals surface area contributed by atoms with Crippen molar-refractivity contribution in [1.29, 1.82) is 5.26 Å². The van der Waals surface area contributed by atoms with Gasteiger partial charge >= 0.3 is 11.4 Å². The molecule has 0 aliphatic heterocycles. The molecule has 0 bridgehead atoms. The van der Waals surface area contributed by atoms with Crippen LogP contribution in [0.4, 0.5) is 11.6 Å². The van der Waals surface area contributed by atoms with Crippen molar-refractivity contribution in [2.24, 2.45) is 0 Å². The number of benzene rings is 2. The van der Waals surface area contributed by atoms with E-state index in [0.717, 1.165) is 10.1 Å². The molecule has 0 saturated heterocycles. The second-order valence-electron chi connectivity index (χ2n) is 7.04. The molecule has 0 saturated carbocycles. The van der Waals surface area contributed by atoms with Crippen LogP contribution in [0.5, 0.6) is 11.6 Å². The summed E-state index contributed by atoms with van der Waals surface area (Å²) in [5.41, 5.74) is 0.289. The van der Waals surface area contributed by atoms with Gasteiger partial charge in [0.1, 0.15) is 11.8 Å². The van der Waals surface area contributed by atoms with Crippen LogP contribution in [-0.2, 0) is 13.1 Å². The van der Waals surface area contributed by atoms with E-state index in [1.807, 2.05) is 6.07 Å². The van der Waals surface area contributed by atoms with Crippen molar-refractivity contribution in [1.82, 2.24) is 24.1 Å². The van der Waals surface area contributed by atoms with Gasteiger partial charge in [0.2, 0.25) is 17.7 Å². The predicted molar refractivity (Wildman–Crippen MR) is 126 cm³/mol. The third-order valence-electron chi connectivity index (χ3n) is 4.78. The number of halogens is 1. The first-order chi connectivity index (χ1) is 16.5. The van der Waals surface area contributed by atoms with Gasteiger partial charge in [-0.05, 0) is 48.9 Å². The van der Waals surface area contributed by atoms with Crippen LogP contribution < -0.4 is 21.4 Å². The van der Waals surface area contributed by atoms with Crippen LogP contribution in [0.1, 0.15) is 18.3 Å². The highest BCUT2D eigenvalue weighted by Crippen LogP contribution is 2.23. The van der Waals surface area contributed by atoms with Crippen molar-refractivity contribution in [2.45, 2.75) is 20.0 Å². The Morgan fingerprint density at radius 1 is 1.03 bits per heavy atom. The Labute approximate surface area is 198 Å². The van der Waals surface area contributed by atoms with Gasteiger partial charge in [-0.2, -0.15) is 15.2 Å². The van der Waals surface area contributed by atoms with E-state index in [0.29, 0.717) is 16.5 Å². The molecule has 2 aromatic heterocycles. The van der Waals surface area contributed by atoms with Gasteiger partial charge in [-0.25, -0.2) is 19.1 Å². The molecule has 0 unspecified atom stereocenters. The zero-order valence-corrected chi connectivity index (χ0v) is 18.7. The molecule has 0 spiro atoms. The number of hydrogen-bond donors (Lipinski definition) is 1. The second kappa shape index (κ2) is 9.97. The summed E-state index contributed by atoms with van der Waals surface area (Å²) in [4.78, 5) is 37.2. The van der Waals surface area contributed by atoms with E-state index < -0.39 is 11.4 Å². The van der Waals surface area contributed by atoms with Gasteiger partial charge in [0, 0.05) is 29.5 Å². The smallest absolute Gasteiger partial charge is 0.354 e. The lowest BCUT2D eigenvalue weighted by molar-refractivity contribution is 0.461. The summed E-state index contributed by atoms with van der Waals surface area (Å²) in [5, 5.41) is 12.5. The summed E-state index contributed by atoms with van der Waals surface area (Å²) in [6.07, 6.45) is 1.43. The van der Waals surface area contributed by atoms with E-state index in [4.69, 9.17) is 21.6 Å². The molecule has 2 heterocycles. The Kier molecular flexibility index (Phi) is 6.66. The molecule has 2 aromatic carbocycles. The fourth-order valence-corrected chi connectivity index (χ4v) is 3.25. The first kappa shape index (κ1) is 22.7. The van der Waals surface area contributed by atoms with Gasteiger partial charge < -0.3 is 10.1 Å². The van der Waals surface area contributed by atoms with Gasteiger partial charge in [-0.1, -0.05) is 23.7 Å². The number of nitriles is 1. The molecule has 0 amide bonds. The molecule has 11 heteroatoms. The maximum absolute atomic E-state index is 13.0. The number of aromatic nitrogens is 5. The van der Waals surface area contributed by atoms with Gasteiger partial charge in [-0.3, -0.25) is 4.57 Å². The van der Waals surface area contributed by atoms with Crippen LogP contribution in [-0.4, -0.2) is 24.1 Å². The lowest BCUT2D eigenvalue weighted by atomic mass is 10.2. The second-order valence-corrected chi connectivity index (χ2v) is 7.48. The zero-order valence-electron chi connectivity index (χ0n) is 18.0. The van der Waals surface area contributed by atoms with E-state index in [2.05, 4.69) is 20.3 Å². The van der Waals surface area contributed by atoms with Crippen LogP contribution in [0, 0.1) is 11.3 Å². The Balaban J connectivity index is 1.61. The summed E-state index contributed by atoms with van der Waals surface area (Å²) in [7, 11) is 0. The minimum Gasteiger partial charge on any atom is -0.439 e. The average Bonchev–Trinajstić information content (AvgIpc) is 2.84. The fourth-order valence-electron chi connectivity index (χ4n) is 3.12.